The van der Waals surface area contributed by atoms with Crippen LogP contribution < -0.4 is 10.6 Å². The Balaban J connectivity index is 1.36. The Labute approximate surface area is 172 Å². The van der Waals surface area contributed by atoms with Crippen LogP contribution in [0.15, 0.2) is 72.8 Å². The van der Waals surface area contributed by atoms with Crippen molar-refractivity contribution in [3.63, 3.8) is 0 Å². The molecule has 0 radical (unpaired) electrons. The molecule has 2 amide bonds. The lowest BCUT2D eigenvalue weighted by Crippen LogP contribution is -2.33. The molecule has 1 heterocycles. The van der Waals surface area contributed by atoms with Crippen molar-refractivity contribution in [2.24, 2.45) is 0 Å². The fourth-order valence-corrected chi connectivity index (χ4v) is 3.95. The first-order valence-corrected chi connectivity index (χ1v) is 10.0. The van der Waals surface area contributed by atoms with Crippen molar-refractivity contribution >= 4 is 39.1 Å². The largest absolute Gasteiger partial charge is 0.343 e. The monoisotopic (exact) mass is 401 g/mol. The molecule has 144 valence electrons. The summed E-state index contributed by atoms with van der Waals surface area (Å²) >= 11 is 1.63. The Morgan fingerprint density at radius 3 is 2.41 bits per heavy atom. The van der Waals surface area contributed by atoms with E-state index in [9.17, 15) is 9.59 Å². The Morgan fingerprint density at radius 1 is 0.931 bits per heavy atom. The summed E-state index contributed by atoms with van der Waals surface area (Å²) in [6.45, 7) is 1.77. The van der Waals surface area contributed by atoms with Crippen molar-refractivity contribution in [3.05, 3.63) is 83.9 Å². The van der Waals surface area contributed by atoms with Gasteiger partial charge in [-0.2, -0.15) is 0 Å². The molecule has 0 aliphatic heterocycles. The molecule has 0 aliphatic rings. The van der Waals surface area contributed by atoms with Crippen molar-refractivity contribution in [1.29, 1.82) is 0 Å². The average molecular weight is 401 g/mol. The van der Waals surface area contributed by atoms with E-state index >= 15 is 0 Å². The highest BCUT2D eigenvalue weighted by Gasteiger charge is 2.11. The molecule has 6 heteroatoms. The van der Waals surface area contributed by atoms with Crippen molar-refractivity contribution in [3.8, 4) is 10.6 Å². The number of hydrogen-bond acceptors (Lipinski definition) is 4. The van der Waals surface area contributed by atoms with E-state index in [1.807, 2.05) is 61.5 Å². The summed E-state index contributed by atoms with van der Waals surface area (Å²) in [7, 11) is 0. The molecule has 5 nitrogen and oxygen atoms in total. The quantitative estimate of drug-likeness (QED) is 0.512. The van der Waals surface area contributed by atoms with Crippen LogP contribution in [0.1, 0.15) is 15.9 Å². The lowest BCUT2D eigenvalue weighted by atomic mass is 10.1. The smallest absolute Gasteiger partial charge is 0.251 e. The van der Waals surface area contributed by atoms with Crippen LogP contribution in [0.25, 0.3) is 20.8 Å². The van der Waals surface area contributed by atoms with E-state index in [0.717, 1.165) is 26.4 Å². The number of hydrogen-bond donors (Lipinski definition) is 2. The number of anilines is 1. The molecule has 1 aromatic heterocycles. The molecule has 0 aliphatic carbocycles. The highest BCUT2D eigenvalue weighted by atomic mass is 32.1. The molecular weight excluding hydrogens is 382 g/mol. The Bertz CT molecular complexity index is 1150. The Hall–Kier alpha value is -3.51. The predicted octanol–water partition coefficient (Wildman–Crippen LogP) is 4.64. The van der Waals surface area contributed by atoms with Crippen molar-refractivity contribution in [2.75, 3.05) is 11.9 Å². The van der Waals surface area contributed by atoms with Gasteiger partial charge in [-0.1, -0.05) is 30.3 Å². The number of carbonyl (C=O) groups excluding carboxylic acids is 2. The zero-order valence-corrected chi connectivity index (χ0v) is 16.6. The summed E-state index contributed by atoms with van der Waals surface area (Å²) in [5, 5.41) is 6.39. The summed E-state index contributed by atoms with van der Waals surface area (Å²) in [6.07, 6.45) is 0. The molecule has 29 heavy (non-hydrogen) atoms. The summed E-state index contributed by atoms with van der Waals surface area (Å²) in [5.41, 5.74) is 4.09. The van der Waals surface area contributed by atoms with Crippen molar-refractivity contribution in [2.45, 2.75) is 6.92 Å². The van der Waals surface area contributed by atoms with Crippen LogP contribution in [0.3, 0.4) is 0 Å². The molecule has 2 N–H and O–H groups in total. The van der Waals surface area contributed by atoms with Gasteiger partial charge in [0.2, 0.25) is 5.91 Å². The first-order valence-electron chi connectivity index (χ1n) is 9.20. The first kappa shape index (κ1) is 18.8. The van der Waals surface area contributed by atoms with Crippen LogP contribution in [0.4, 0.5) is 5.69 Å². The molecule has 3 aromatic carbocycles. The zero-order chi connectivity index (χ0) is 20.2. The second-order valence-electron chi connectivity index (χ2n) is 6.61. The normalized spacial score (nSPS) is 10.7. The lowest BCUT2D eigenvalue weighted by molar-refractivity contribution is -0.115. The van der Waals surface area contributed by atoms with Crippen molar-refractivity contribution < 1.29 is 9.59 Å². The maximum Gasteiger partial charge on any atom is 0.251 e. The number of para-hydroxylation sites is 1. The van der Waals surface area contributed by atoms with Gasteiger partial charge in [0, 0.05) is 16.8 Å². The molecule has 4 rings (SSSR count). The van der Waals surface area contributed by atoms with Gasteiger partial charge in [0.05, 0.1) is 16.8 Å². The van der Waals surface area contributed by atoms with E-state index in [1.165, 1.54) is 0 Å². The van der Waals surface area contributed by atoms with E-state index in [-0.39, 0.29) is 18.4 Å². The summed E-state index contributed by atoms with van der Waals surface area (Å²) < 4.78 is 1.14. The molecule has 0 saturated heterocycles. The van der Waals surface area contributed by atoms with Gasteiger partial charge >= 0.3 is 0 Å². The average Bonchev–Trinajstić information content (AvgIpc) is 3.17. The minimum absolute atomic E-state index is 0.0905. The number of benzene rings is 3. The minimum Gasteiger partial charge on any atom is -0.343 e. The van der Waals surface area contributed by atoms with Gasteiger partial charge in [-0.15, -0.1) is 11.3 Å². The number of nitrogens with one attached hydrogen (secondary N) is 2. The van der Waals surface area contributed by atoms with Crippen LogP contribution in [-0.2, 0) is 4.79 Å². The number of aryl methyl sites for hydroxylation is 1. The Morgan fingerprint density at radius 2 is 1.66 bits per heavy atom. The fourth-order valence-electron chi connectivity index (χ4n) is 2.98. The molecule has 4 aromatic rings. The summed E-state index contributed by atoms with van der Waals surface area (Å²) in [4.78, 5) is 29.0. The van der Waals surface area contributed by atoms with Gasteiger partial charge in [0.25, 0.3) is 5.91 Å². The van der Waals surface area contributed by atoms with Gasteiger partial charge in [-0.3, -0.25) is 9.59 Å². The summed E-state index contributed by atoms with van der Waals surface area (Å²) in [6, 6.07) is 22.8. The highest BCUT2D eigenvalue weighted by Crippen LogP contribution is 2.30. The maximum atomic E-state index is 12.2. The lowest BCUT2D eigenvalue weighted by Gasteiger charge is -2.09. The number of fused-ring (bicyclic) bond motifs is 1. The molecule has 0 spiro atoms. The van der Waals surface area contributed by atoms with E-state index in [0.29, 0.717) is 11.3 Å². The third kappa shape index (κ3) is 4.33. The van der Waals surface area contributed by atoms with Crippen LogP contribution in [0, 0.1) is 6.92 Å². The van der Waals surface area contributed by atoms with E-state index in [4.69, 9.17) is 0 Å². The number of amides is 2. The summed E-state index contributed by atoms with van der Waals surface area (Å²) in [5.74, 6) is -0.538. The van der Waals surface area contributed by atoms with Gasteiger partial charge in [-0.05, 0) is 55.0 Å². The predicted molar refractivity (Wildman–Crippen MR) is 117 cm³/mol. The van der Waals surface area contributed by atoms with Gasteiger partial charge in [-0.25, -0.2) is 4.98 Å². The number of nitrogens with zero attached hydrogens (tertiary/aromatic N) is 1. The van der Waals surface area contributed by atoms with E-state index in [1.54, 1.807) is 23.5 Å². The number of aromatic nitrogens is 1. The van der Waals surface area contributed by atoms with Crippen LogP contribution in [0.2, 0.25) is 0 Å². The molecule has 0 bridgehead atoms. The van der Waals surface area contributed by atoms with Crippen LogP contribution in [-0.4, -0.2) is 23.3 Å². The maximum absolute atomic E-state index is 12.2. The molecule has 0 atom stereocenters. The highest BCUT2D eigenvalue weighted by molar-refractivity contribution is 7.21. The fraction of sp³-hybridized carbons (Fsp3) is 0.0870. The van der Waals surface area contributed by atoms with Gasteiger partial charge in [0.15, 0.2) is 0 Å². The van der Waals surface area contributed by atoms with E-state index in [2.05, 4.69) is 21.7 Å². The zero-order valence-electron chi connectivity index (χ0n) is 15.8. The van der Waals surface area contributed by atoms with E-state index < -0.39 is 0 Å². The SMILES string of the molecule is Cc1ccccc1C(=O)NCC(=O)Nc1ccc(-c2nc3ccccc3s2)cc1. The number of thiazole rings is 1. The molecule has 0 unspecified atom stereocenters. The van der Waals surface area contributed by atoms with Crippen LogP contribution >= 0.6 is 11.3 Å². The van der Waals surface area contributed by atoms with Gasteiger partial charge in [0.1, 0.15) is 5.01 Å². The number of rotatable bonds is 5. The van der Waals surface area contributed by atoms with Gasteiger partial charge < -0.3 is 10.6 Å². The molecule has 0 fully saturated rings. The standard InChI is InChI=1S/C23H19N3O2S/c1-15-6-2-3-7-18(15)22(28)24-14-21(27)25-17-12-10-16(11-13-17)23-26-19-8-4-5-9-20(19)29-23/h2-13H,14H2,1H3,(H,24,28)(H,25,27). The second kappa shape index (κ2) is 8.24. The van der Waals surface area contributed by atoms with Crippen LogP contribution in [0.5, 0.6) is 0 Å². The third-order valence-corrected chi connectivity index (χ3v) is 5.59. The minimum atomic E-state index is -0.278. The third-order valence-electron chi connectivity index (χ3n) is 4.51. The first-order chi connectivity index (χ1) is 14.1. The topological polar surface area (TPSA) is 71.1 Å². The molecular formula is C23H19N3O2S. The second-order valence-corrected chi connectivity index (χ2v) is 7.64. The van der Waals surface area contributed by atoms with Crippen molar-refractivity contribution in [1.82, 2.24) is 10.3 Å². The molecule has 0 saturated carbocycles. The Kier molecular flexibility index (Phi) is 5.35. The number of carbonyl (C=O) groups is 2.